The third kappa shape index (κ3) is 3.42. The first kappa shape index (κ1) is 13.8. The zero-order chi connectivity index (χ0) is 14.0. The number of hydrogen-bond acceptors (Lipinski definition) is 4. The standard InChI is InChI=1S/C11H14FN3O3S/c12-8-2-1-3-9(11(8)13)19(17,18)14-6-10(16)15-7-4-5-7/h1-3,7,14H,4-6,13H2,(H,15,16). The Balaban J connectivity index is 2.05. The van der Waals surface area contributed by atoms with Gasteiger partial charge in [0.1, 0.15) is 10.7 Å². The Kier molecular flexibility index (Phi) is 3.72. The van der Waals surface area contributed by atoms with Crippen LogP contribution in [0.3, 0.4) is 0 Å². The molecule has 2 rings (SSSR count). The average Bonchev–Trinajstić information content (AvgIpc) is 3.14. The average molecular weight is 287 g/mol. The predicted octanol–water partition coefficient (Wildman–Crippen LogP) is -0.0352. The number of rotatable bonds is 5. The topological polar surface area (TPSA) is 101 Å². The molecule has 1 aliphatic carbocycles. The molecule has 0 aromatic heterocycles. The molecule has 4 N–H and O–H groups in total. The molecule has 1 fully saturated rings. The highest BCUT2D eigenvalue weighted by Gasteiger charge is 2.25. The van der Waals surface area contributed by atoms with Crippen LogP contribution in [-0.4, -0.2) is 26.9 Å². The van der Waals surface area contributed by atoms with Gasteiger partial charge in [0.25, 0.3) is 0 Å². The normalized spacial score (nSPS) is 15.2. The molecule has 0 radical (unpaired) electrons. The van der Waals surface area contributed by atoms with E-state index in [2.05, 4.69) is 10.0 Å². The van der Waals surface area contributed by atoms with Gasteiger partial charge < -0.3 is 11.1 Å². The highest BCUT2D eigenvalue weighted by atomic mass is 32.2. The number of nitrogen functional groups attached to an aromatic ring is 1. The Bertz CT molecular complexity index is 599. The lowest BCUT2D eigenvalue weighted by molar-refractivity contribution is -0.120. The van der Waals surface area contributed by atoms with Crippen LogP contribution in [0.15, 0.2) is 23.1 Å². The molecule has 6 nitrogen and oxygen atoms in total. The third-order valence-corrected chi connectivity index (χ3v) is 4.13. The van der Waals surface area contributed by atoms with E-state index in [9.17, 15) is 17.6 Å². The Hall–Kier alpha value is -1.67. The maximum atomic E-state index is 13.2. The van der Waals surface area contributed by atoms with Crippen molar-refractivity contribution in [3.8, 4) is 0 Å². The molecule has 1 aliphatic rings. The number of sulfonamides is 1. The molecule has 0 spiro atoms. The van der Waals surface area contributed by atoms with Crippen LogP contribution in [0.5, 0.6) is 0 Å². The maximum Gasteiger partial charge on any atom is 0.243 e. The zero-order valence-corrected chi connectivity index (χ0v) is 10.8. The molecule has 104 valence electrons. The Morgan fingerprint density at radius 2 is 2.11 bits per heavy atom. The first-order chi connectivity index (χ1) is 8.90. The second kappa shape index (κ2) is 5.14. The van der Waals surface area contributed by atoms with Crippen molar-refractivity contribution in [2.75, 3.05) is 12.3 Å². The lowest BCUT2D eigenvalue weighted by Crippen LogP contribution is -2.38. The lowest BCUT2D eigenvalue weighted by atomic mass is 10.3. The molecule has 1 aromatic carbocycles. The molecule has 0 unspecified atom stereocenters. The van der Waals surface area contributed by atoms with Crippen LogP contribution >= 0.6 is 0 Å². The highest BCUT2D eigenvalue weighted by Crippen LogP contribution is 2.21. The summed E-state index contributed by atoms with van der Waals surface area (Å²) in [5.74, 6) is -1.23. The smallest absolute Gasteiger partial charge is 0.243 e. The quantitative estimate of drug-likeness (QED) is 0.662. The molecule has 0 heterocycles. The molecule has 8 heteroatoms. The van der Waals surface area contributed by atoms with Crippen LogP contribution in [0.25, 0.3) is 0 Å². The van der Waals surface area contributed by atoms with Crippen molar-refractivity contribution in [1.82, 2.24) is 10.0 Å². The number of halogens is 1. The van der Waals surface area contributed by atoms with Crippen LogP contribution in [0.1, 0.15) is 12.8 Å². The largest absolute Gasteiger partial charge is 0.395 e. The number of carbonyl (C=O) groups excluding carboxylic acids is 1. The Morgan fingerprint density at radius 3 is 2.74 bits per heavy atom. The fraction of sp³-hybridized carbons (Fsp3) is 0.364. The lowest BCUT2D eigenvalue weighted by Gasteiger charge is -2.09. The SMILES string of the molecule is Nc1c(F)cccc1S(=O)(=O)NCC(=O)NC1CC1. The van der Waals surface area contributed by atoms with E-state index in [1.165, 1.54) is 12.1 Å². The first-order valence-corrected chi connectivity index (χ1v) is 7.21. The molecular formula is C11H14FN3O3S. The third-order valence-electron chi connectivity index (χ3n) is 2.67. The van der Waals surface area contributed by atoms with E-state index in [0.717, 1.165) is 18.9 Å². The van der Waals surface area contributed by atoms with Gasteiger partial charge >= 0.3 is 0 Å². The fourth-order valence-electron chi connectivity index (χ4n) is 1.50. The van der Waals surface area contributed by atoms with Crippen LogP contribution < -0.4 is 15.8 Å². The van der Waals surface area contributed by atoms with E-state index in [1.54, 1.807) is 0 Å². The van der Waals surface area contributed by atoms with E-state index >= 15 is 0 Å². The van der Waals surface area contributed by atoms with E-state index in [1.807, 2.05) is 0 Å². The zero-order valence-electron chi connectivity index (χ0n) is 10.0. The van der Waals surface area contributed by atoms with Crippen LogP contribution in [0, 0.1) is 5.82 Å². The van der Waals surface area contributed by atoms with Crippen molar-refractivity contribution < 1.29 is 17.6 Å². The summed E-state index contributed by atoms with van der Waals surface area (Å²) in [6.07, 6.45) is 1.82. The minimum atomic E-state index is -4.00. The van der Waals surface area contributed by atoms with Gasteiger partial charge in [-0.05, 0) is 25.0 Å². The number of hydrogen-bond donors (Lipinski definition) is 3. The highest BCUT2D eigenvalue weighted by molar-refractivity contribution is 7.89. The summed E-state index contributed by atoms with van der Waals surface area (Å²) >= 11 is 0. The van der Waals surface area contributed by atoms with Crippen molar-refractivity contribution in [3.05, 3.63) is 24.0 Å². The van der Waals surface area contributed by atoms with Gasteiger partial charge in [0.05, 0.1) is 12.2 Å². The van der Waals surface area contributed by atoms with Crippen molar-refractivity contribution >= 4 is 21.6 Å². The van der Waals surface area contributed by atoms with Crippen molar-refractivity contribution in [2.45, 2.75) is 23.8 Å². The second-order valence-corrected chi connectivity index (χ2v) is 6.05. The van der Waals surface area contributed by atoms with E-state index < -0.39 is 34.0 Å². The summed E-state index contributed by atoms with van der Waals surface area (Å²) in [5.41, 5.74) is 4.91. The molecule has 1 aromatic rings. The van der Waals surface area contributed by atoms with Gasteiger partial charge in [0, 0.05) is 6.04 Å². The molecule has 0 atom stereocenters. The summed E-state index contributed by atoms with van der Waals surface area (Å²) in [7, 11) is -4.00. The molecule has 0 saturated heterocycles. The number of benzene rings is 1. The van der Waals surface area contributed by atoms with E-state index in [4.69, 9.17) is 5.73 Å². The summed E-state index contributed by atoms with van der Waals surface area (Å²) < 4.78 is 39.0. The number of para-hydroxylation sites is 1. The van der Waals surface area contributed by atoms with Crippen LogP contribution in [0.4, 0.5) is 10.1 Å². The molecule has 1 saturated carbocycles. The summed E-state index contributed by atoms with van der Waals surface area (Å²) in [6.45, 7) is -0.394. The second-order valence-electron chi connectivity index (χ2n) is 4.32. The van der Waals surface area contributed by atoms with Crippen molar-refractivity contribution in [1.29, 1.82) is 0 Å². The molecule has 0 bridgehead atoms. The summed E-state index contributed by atoms with van der Waals surface area (Å²) in [5, 5.41) is 2.63. The summed E-state index contributed by atoms with van der Waals surface area (Å²) in [4.78, 5) is 11.0. The number of nitrogens with two attached hydrogens (primary N) is 1. The van der Waals surface area contributed by atoms with Gasteiger partial charge in [-0.3, -0.25) is 4.79 Å². The van der Waals surface area contributed by atoms with Gasteiger partial charge in [0.2, 0.25) is 15.9 Å². The molecular weight excluding hydrogens is 273 g/mol. The van der Waals surface area contributed by atoms with Crippen molar-refractivity contribution in [3.63, 3.8) is 0 Å². The number of nitrogens with one attached hydrogen (secondary N) is 2. The maximum absolute atomic E-state index is 13.2. The number of anilines is 1. The Labute approximate surface area is 110 Å². The summed E-state index contributed by atoms with van der Waals surface area (Å²) in [6, 6.07) is 3.63. The van der Waals surface area contributed by atoms with Gasteiger partial charge in [-0.1, -0.05) is 6.07 Å². The van der Waals surface area contributed by atoms with Gasteiger partial charge in [-0.2, -0.15) is 0 Å². The van der Waals surface area contributed by atoms with E-state index in [-0.39, 0.29) is 10.9 Å². The van der Waals surface area contributed by atoms with Crippen LogP contribution in [0.2, 0.25) is 0 Å². The predicted molar refractivity (Wildman–Crippen MR) is 67.2 cm³/mol. The Morgan fingerprint density at radius 1 is 1.42 bits per heavy atom. The number of carbonyl (C=O) groups is 1. The minimum absolute atomic E-state index is 0.149. The number of amides is 1. The molecule has 1 amide bonds. The van der Waals surface area contributed by atoms with Crippen LogP contribution in [-0.2, 0) is 14.8 Å². The monoisotopic (exact) mass is 287 g/mol. The minimum Gasteiger partial charge on any atom is -0.395 e. The van der Waals surface area contributed by atoms with Gasteiger partial charge in [-0.25, -0.2) is 17.5 Å². The first-order valence-electron chi connectivity index (χ1n) is 5.73. The molecule has 19 heavy (non-hydrogen) atoms. The van der Waals surface area contributed by atoms with E-state index in [0.29, 0.717) is 0 Å². The fourth-order valence-corrected chi connectivity index (χ4v) is 2.62. The van der Waals surface area contributed by atoms with Gasteiger partial charge in [0.15, 0.2) is 0 Å². The van der Waals surface area contributed by atoms with Gasteiger partial charge in [-0.15, -0.1) is 0 Å². The van der Waals surface area contributed by atoms with Crippen molar-refractivity contribution in [2.24, 2.45) is 0 Å². The molecule has 0 aliphatic heterocycles.